The van der Waals surface area contributed by atoms with E-state index in [0.717, 1.165) is 55.5 Å². The predicted molar refractivity (Wildman–Crippen MR) is 124 cm³/mol. The number of halogens is 1. The van der Waals surface area contributed by atoms with Crippen molar-refractivity contribution < 1.29 is 9.53 Å². The van der Waals surface area contributed by atoms with Gasteiger partial charge in [-0.3, -0.25) is 9.69 Å². The van der Waals surface area contributed by atoms with Crippen molar-refractivity contribution in [1.29, 1.82) is 0 Å². The molecule has 5 rings (SSSR count). The van der Waals surface area contributed by atoms with E-state index in [1.54, 1.807) is 0 Å². The van der Waals surface area contributed by atoms with Crippen molar-refractivity contribution >= 4 is 28.4 Å². The summed E-state index contributed by atoms with van der Waals surface area (Å²) in [7, 11) is 0. The molecule has 5 nitrogen and oxygen atoms in total. The first-order chi connectivity index (χ1) is 15.1. The summed E-state index contributed by atoms with van der Waals surface area (Å²) in [6.07, 6.45) is 2.89. The van der Waals surface area contributed by atoms with E-state index < -0.39 is 0 Å². The SMILES string of the molecule is CC[C@H]1Cn2c(C(=O)NC3CCN(Cc4ccccc4)CC3)cc3c(Cl)ccc(c32)O1. The molecule has 0 unspecified atom stereocenters. The Morgan fingerprint density at radius 2 is 1.94 bits per heavy atom. The minimum atomic E-state index is -0.0171. The number of piperidine rings is 1. The van der Waals surface area contributed by atoms with E-state index in [0.29, 0.717) is 17.3 Å². The molecular formula is C25H28ClN3O2. The molecule has 0 radical (unpaired) electrons. The van der Waals surface area contributed by atoms with E-state index in [-0.39, 0.29) is 18.1 Å². The average Bonchev–Trinajstić information content (AvgIpc) is 3.19. The van der Waals surface area contributed by atoms with Gasteiger partial charge in [-0.25, -0.2) is 0 Å². The largest absolute Gasteiger partial charge is 0.486 e. The minimum absolute atomic E-state index is 0.0171. The van der Waals surface area contributed by atoms with Gasteiger partial charge in [-0.05, 0) is 43.0 Å². The molecule has 0 saturated carbocycles. The lowest BCUT2D eigenvalue weighted by molar-refractivity contribution is 0.0893. The number of hydrogen-bond acceptors (Lipinski definition) is 3. The highest BCUT2D eigenvalue weighted by atomic mass is 35.5. The highest BCUT2D eigenvalue weighted by Crippen LogP contribution is 2.38. The van der Waals surface area contributed by atoms with Gasteiger partial charge in [0, 0.05) is 31.1 Å². The molecule has 1 atom stereocenters. The van der Waals surface area contributed by atoms with Crippen LogP contribution in [-0.4, -0.2) is 40.6 Å². The van der Waals surface area contributed by atoms with E-state index in [2.05, 4.69) is 52.0 Å². The molecule has 1 saturated heterocycles. The van der Waals surface area contributed by atoms with Crippen molar-refractivity contribution in [3.05, 3.63) is 64.8 Å². The second-order valence-corrected chi connectivity index (χ2v) is 9.01. The van der Waals surface area contributed by atoms with E-state index in [9.17, 15) is 4.79 Å². The smallest absolute Gasteiger partial charge is 0.268 e. The molecule has 6 heteroatoms. The fourth-order valence-corrected chi connectivity index (χ4v) is 4.96. The van der Waals surface area contributed by atoms with Crippen LogP contribution in [0.2, 0.25) is 5.02 Å². The molecule has 1 amide bonds. The molecule has 0 aliphatic carbocycles. The summed E-state index contributed by atoms with van der Waals surface area (Å²) in [5, 5.41) is 4.82. The second-order valence-electron chi connectivity index (χ2n) is 8.61. The number of amides is 1. The first-order valence-corrected chi connectivity index (χ1v) is 11.6. The summed E-state index contributed by atoms with van der Waals surface area (Å²) in [6.45, 7) is 5.73. The van der Waals surface area contributed by atoms with Crippen LogP contribution in [0.3, 0.4) is 0 Å². The number of rotatable bonds is 5. The Kier molecular flexibility index (Phi) is 5.63. The summed E-state index contributed by atoms with van der Waals surface area (Å²) < 4.78 is 8.19. The van der Waals surface area contributed by atoms with Crippen LogP contribution in [-0.2, 0) is 13.1 Å². The van der Waals surface area contributed by atoms with Gasteiger partial charge >= 0.3 is 0 Å². The van der Waals surface area contributed by atoms with Gasteiger partial charge in [0.1, 0.15) is 17.5 Å². The lowest BCUT2D eigenvalue weighted by Gasteiger charge is -2.32. The Morgan fingerprint density at radius 1 is 1.16 bits per heavy atom. The van der Waals surface area contributed by atoms with E-state index >= 15 is 0 Å². The van der Waals surface area contributed by atoms with E-state index in [1.807, 2.05) is 18.2 Å². The number of carbonyl (C=O) groups is 1. The number of ether oxygens (including phenoxy) is 1. The highest BCUT2D eigenvalue weighted by Gasteiger charge is 2.28. The maximum Gasteiger partial charge on any atom is 0.268 e. The maximum absolute atomic E-state index is 13.2. The molecule has 0 bridgehead atoms. The number of likely N-dealkylation sites (tertiary alicyclic amines) is 1. The van der Waals surface area contributed by atoms with Crippen molar-refractivity contribution in [3.8, 4) is 5.75 Å². The Balaban J connectivity index is 1.29. The maximum atomic E-state index is 13.2. The molecule has 2 aliphatic rings. The zero-order valence-electron chi connectivity index (χ0n) is 17.8. The monoisotopic (exact) mass is 437 g/mol. The minimum Gasteiger partial charge on any atom is -0.486 e. The first-order valence-electron chi connectivity index (χ1n) is 11.2. The molecule has 3 aromatic rings. The molecule has 162 valence electrons. The third-order valence-electron chi connectivity index (χ3n) is 6.51. The predicted octanol–water partition coefficient (Wildman–Crippen LogP) is 4.86. The van der Waals surface area contributed by atoms with Crippen molar-refractivity contribution in [2.75, 3.05) is 13.1 Å². The lowest BCUT2D eigenvalue weighted by atomic mass is 10.0. The number of carbonyl (C=O) groups excluding carboxylic acids is 1. The number of nitrogens with one attached hydrogen (secondary N) is 1. The van der Waals surface area contributed by atoms with Crippen molar-refractivity contribution in [2.45, 2.75) is 51.4 Å². The zero-order valence-corrected chi connectivity index (χ0v) is 18.6. The average molecular weight is 438 g/mol. The Bertz CT molecular complexity index is 1090. The van der Waals surface area contributed by atoms with Gasteiger partial charge in [0.2, 0.25) is 0 Å². The van der Waals surface area contributed by atoms with E-state index in [4.69, 9.17) is 16.3 Å². The van der Waals surface area contributed by atoms with Crippen molar-refractivity contribution in [3.63, 3.8) is 0 Å². The Morgan fingerprint density at radius 3 is 2.68 bits per heavy atom. The fraction of sp³-hybridized carbons (Fsp3) is 0.400. The van der Waals surface area contributed by atoms with Crippen LogP contribution < -0.4 is 10.1 Å². The number of hydrogen-bond donors (Lipinski definition) is 1. The van der Waals surface area contributed by atoms with Crippen molar-refractivity contribution in [2.24, 2.45) is 0 Å². The topological polar surface area (TPSA) is 46.5 Å². The summed E-state index contributed by atoms with van der Waals surface area (Å²) in [6, 6.07) is 16.4. The van der Waals surface area contributed by atoms with Gasteiger partial charge in [-0.2, -0.15) is 0 Å². The molecule has 2 aromatic carbocycles. The highest BCUT2D eigenvalue weighted by molar-refractivity contribution is 6.36. The second kappa shape index (κ2) is 8.56. The van der Waals surface area contributed by atoms with Crippen LogP contribution in [0, 0.1) is 0 Å². The Hall–Kier alpha value is -2.50. The molecule has 1 aromatic heterocycles. The van der Waals surface area contributed by atoms with Gasteiger partial charge in [-0.1, -0.05) is 48.9 Å². The van der Waals surface area contributed by atoms with Crippen molar-refractivity contribution in [1.82, 2.24) is 14.8 Å². The molecule has 31 heavy (non-hydrogen) atoms. The molecular weight excluding hydrogens is 410 g/mol. The van der Waals surface area contributed by atoms with Crippen LogP contribution in [0.4, 0.5) is 0 Å². The van der Waals surface area contributed by atoms with Crippen LogP contribution in [0.1, 0.15) is 42.2 Å². The van der Waals surface area contributed by atoms with Gasteiger partial charge in [0.05, 0.1) is 17.1 Å². The molecule has 0 spiro atoms. The summed E-state index contributed by atoms with van der Waals surface area (Å²) in [5.74, 6) is 0.794. The third-order valence-corrected chi connectivity index (χ3v) is 6.84. The first kappa shape index (κ1) is 20.4. The number of aromatic nitrogens is 1. The number of benzene rings is 2. The number of nitrogens with zero attached hydrogens (tertiary/aromatic N) is 2. The van der Waals surface area contributed by atoms with Gasteiger partial charge in [-0.15, -0.1) is 0 Å². The third kappa shape index (κ3) is 4.04. The Labute approximate surface area is 187 Å². The molecule has 2 aliphatic heterocycles. The normalized spacial score (nSPS) is 19.4. The molecule has 1 N–H and O–H groups in total. The van der Waals surface area contributed by atoms with Gasteiger partial charge in [0.15, 0.2) is 0 Å². The van der Waals surface area contributed by atoms with Crippen LogP contribution in [0.15, 0.2) is 48.5 Å². The summed E-state index contributed by atoms with van der Waals surface area (Å²) >= 11 is 6.44. The van der Waals surface area contributed by atoms with Gasteiger partial charge < -0.3 is 14.6 Å². The van der Waals surface area contributed by atoms with Crippen LogP contribution >= 0.6 is 11.6 Å². The quantitative estimate of drug-likeness (QED) is 0.620. The standard InChI is InChI=1S/C25H28ClN3O2/c1-2-19-16-29-22(14-20-21(26)8-9-23(31-19)24(20)29)25(30)27-18-10-12-28(13-11-18)15-17-6-4-3-5-7-17/h3-9,14,18-19H,2,10-13,15-16H2,1H3,(H,27,30)/t19-/m0/s1. The van der Waals surface area contributed by atoms with Gasteiger partial charge in [0.25, 0.3) is 5.91 Å². The molecule has 1 fully saturated rings. The van der Waals surface area contributed by atoms with E-state index in [1.165, 1.54) is 5.56 Å². The molecule has 3 heterocycles. The summed E-state index contributed by atoms with van der Waals surface area (Å²) in [5.41, 5.74) is 2.95. The van der Waals surface area contributed by atoms with Crippen LogP contribution in [0.25, 0.3) is 10.9 Å². The fourth-order valence-electron chi connectivity index (χ4n) is 4.76. The van der Waals surface area contributed by atoms with Crippen LogP contribution in [0.5, 0.6) is 5.75 Å². The summed E-state index contributed by atoms with van der Waals surface area (Å²) in [4.78, 5) is 15.7. The zero-order chi connectivity index (χ0) is 21.4. The lowest BCUT2D eigenvalue weighted by Crippen LogP contribution is -2.45.